The first-order valence-corrected chi connectivity index (χ1v) is 6.87. The predicted octanol–water partition coefficient (Wildman–Crippen LogP) is 3.16. The van der Waals surface area contributed by atoms with Gasteiger partial charge in [-0.1, -0.05) is 0 Å². The van der Waals surface area contributed by atoms with E-state index >= 15 is 0 Å². The average molecular weight is 276 g/mol. The molecule has 20 heavy (non-hydrogen) atoms. The zero-order valence-corrected chi connectivity index (χ0v) is 10.9. The van der Waals surface area contributed by atoms with Crippen molar-refractivity contribution in [2.24, 2.45) is 0 Å². The van der Waals surface area contributed by atoms with Gasteiger partial charge in [-0.3, -0.25) is 4.98 Å². The SMILES string of the molecule is Fc1cc(F)c2c(NC3CC3)c3c(nc2c1)CCOC3. The van der Waals surface area contributed by atoms with Crippen LogP contribution in [0.1, 0.15) is 24.1 Å². The summed E-state index contributed by atoms with van der Waals surface area (Å²) in [5.74, 6) is -1.16. The van der Waals surface area contributed by atoms with Crippen LogP contribution in [0.15, 0.2) is 12.1 Å². The van der Waals surface area contributed by atoms with Crippen molar-refractivity contribution < 1.29 is 13.5 Å². The Morgan fingerprint density at radius 3 is 2.90 bits per heavy atom. The number of halogens is 2. The predicted molar refractivity (Wildman–Crippen MR) is 71.7 cm³/mol. The lowest BCUT2D eigenvalue weighted by atomic mass is 10.0. The molecule has 2 aromatic rings. The minimum Gasteiger partial charge on any atom is -0.381 e. The number of aromatic nitrogens is 1. The summed E-state index contributed by atoms with van der Waals surface area (Å²) in [5.41, 5.74) is 2.93. The van der Waals surface area contributed by atoms with Crippen molar-refractivity contribution in [3.63, 3.8) is 0 Å². The number of benzene rings is 1. The van der Waals surface area contributed by atoms with Crippen molar-refractivity contribution in [1.82, 2.24) is 4.98 Å². The van der Waals surface area contributed by atoms with Crippen molar-refractivity contribution >= 4 is 16.6 Å². The fourth-order valence-electron chi connectivity index (χ4n) is 2.70. The van der Waals surface area contributed by atoms with E-state index < -0.39 is 11.6 Å². The molecule has 0 atom stereocenters. The van der Waals surface area contributed by atoms with Crippen LogP contribution < -0.4 is 5.32 Å². The Balaban J connectivity index is 2.01. The fourth-order valence-corrected chi connectivity index (χ4v) is 2.70. The summed E-state index contributed by atoms with van der Waals surface area (Å²) in [6, 6.07) is 2.60. The van der Waals surface area contributed by atoms with Crippen LogP contribution in [0, 0.1) is 11.6 Å². The molecule has 0 spiro atoms. The van der Waals surface area contributed by atoms with Crippen LogP contribution in [0.25, 0.3) is 10.9 Å². The smallest absolute Gasteiger partial charge is 0.137 e. The van der Waals surface area contributed by atoms with Gasteiger partial charge in [-0.15, -0.1) is 0 Å². The van der Waals surface area contributed by atoms with Crippen LogP contribution in [-0.4, -0.2) is 17.6 Å². The van der Waals surface area contributed by atoms with Gasteiger partial charge in [0.2, 0.25) is 0 Å². The number of rotatable bonds is 2. The molecule has 0 saturated heterocycles. The highest BCUT2D eigenvalue weighted by atomic mass is 19.1. The maximum absolute atomic E-state index is 14.2. The third-order valence-electron chi connectivity index (χ3n) is 3.85. The third kappa shape index (κ3) is 1.93. The highest BCUT2D eigenvalue weighted by Gasteiger charge is 2.27. The third-order valence-corrected chi connectivity index (χ3v) is 3.85. The van der Waals surface area contributed by atoms with Gasteiger partial charge in [0, 0.05) is 30.2 Å². The first kappa shape index (κ1) is 12.0. The van der Waals surface area contributed by atoms with E-state index in [1.807, 2.05) is 0 Å². The molecule has 1 fully saturated rings. The van der Waals surface area contributed by atoms with Gasteiger partial charge >= 0.3 is 0 Å². The summed E-state index contributed by atoms with van der Waals surface area (Å²) in [7, 11) is 0. The lowest BCUT2D eigenvalue weighted by molar-refractivity contribution is 0.110. The van der Waals surface area contributed by atoms with Gasteiger partial charge in [-0.2, -0.15) is 0 Å². The van der Waals surface area contributed by atoms with E-state index in [4.69, 9.17) is 4.74 Å². The number of pyridine rings is 1. The van der Waals surface area contributed by atoms with Gasteiger partial charge in [0.1, 0.15) is 11.6 Å². The average Bonchev–Trinajstić information content (AvgIpc) is 3.21. The molecule has 1 saturated carbocycles. The van der Waals surface area contributed by atoms with Crippen molar-refractivity contribution in [1.29, 1.82) is 0 Å². The van der Waals surface area contributed by atoms with Crippen molar-refractivity contribution in [2.45, 2.75) is 31.9 Å². The molecular weight excluding hydrogens is 262 g/mol. The molecule has 4 rings (SSSR count). The lowest BCUT2D eigenvalue weighted by Crippen LogP contribution is -2.16. The number of fused-ring (bicyclic) bond motifs is 2. The Bertz CT molecular complexity index is 698. The number of anilines is 1. The molecule has 104 valence electrons. The maximum Gasteiger partial charge on any atom is 0.137 e. The Hall–Kier alpha value is -1.75. The molecule has 1 N–H and O–H groups in total. The second-order valence-electron chi connectivity index (χ2n) is 5.41. The van der Waals surface area contributed by atoms with Crippen LogP contribution in [0.3, 0.4) is 0 Å². The number of nitrogens with zero attached hydrogens (tertiary/aromatic N) is 1. The minimum atomic E-state index is -0.591. The standard InChI is InChI=1S/C15H14F2N2O/c16-8-5-11(17)14-13(6-8)19-12-3-4-20-7-10(12)15(14)18-9-1-2-9/h5-6,9H,1-4,7H2,(H,18,19). The van der Waals surface area contributed by atoms with E-state index in [-0.39, 0.29) is 0 Å². The molecule has 0 bridgehead atoms. The van der Waals surface area contributed by atoms with E-state index in [1.165, 1.54) is 6.07 Å². The summed E-state index contributed by atoms with van der Waals surface area (Å²) in [5, 5.41) is 3.74. The Morgan fingerprint density at radius 1 is 1.25 bits per heavy atom. The van der Waals surface area contributed by atoms with Gasteiger partial charge in [0.05, 0.1) is 35.5 Å². The van der Waals surface area contributed by atoms with E-state index in [9.17, 15) is 8.78 Å². The summed E-state index contributed by atoms with van der Waals surface area (Å²) in [6.07, 6.45) is 2.85. The van der Waals surface area contributed by atoms with Gasteiger partial charge in [0.25, 0.3) is 0 Å². The molecule has 2 heterocycles. The number of nitrogens with one attached hydrogen (secondary N) is 1. The van der Waals surface area contributed by atoms with Gasteiger partial charge in [-0.25, -0.2) is 8.78 Å². The molecule has 1 aromatic carbocycles. The zero-order valence-electron chi connectivity index (χ0n) is 10.9. The molecule has 1 aliphatic heterocycles. The van der Waals surface area contributed by atoms with Gasteiger partial charge in [0.15, 0.2) is 0 Å². The highest BCUT2D eigenvalue weighted by Crippen LogP contribution is 2.36. The quantitative estimate of drug-likeness (QED) is 0.915. The minimum absolute atomic E-state index is 0.377. The topological polar surface area (TPSA) is 34.2 Å². The number of hydrogen-bond donors (Lipinski definition) is 1. The van der Waals surface area contributed by atoms with E-state index in [0.29, 0.717) is 36.6 Å². The monoisotopic (exact) mass is 276 g/mol. The fraction of sp³-hybridized carbons (Fsp3) is 0.400. The van der Waals surface area contributed by atoms with Crippen LogP contribution in [0.5, 0.6) is 0 Å². The highest BCUT2D eigenvalue weighted by molar-refractivity contribution is 5.94. The molecule has 5 heteroatoms. The van der Waals surface area contributed by atoms with Crippen molar-refractivity contribution in [3.8, 4) is 0 Å². The molecule has 0 radical (unpaired) electrons. The van der Waals surface area contributed by atoms with E-state index in [0.717, 1.165) is 35.9 Å². The second kappa shape index (κ2) is 4.38. The molecule has 0 unspecified atom stereocenters. The largest absolute Gasteiger partial charge is 0.381 e. The molecule has 1 aromatic heterocycles. The Morgan fingerprint density at radius 2 is 2.10 bits per heavy atom. The molecule has 0 amide bonds. The maximum atomic E-state index is 14.2. The summed E-state index contributed by atoms with van der Waals surface area (Å²) in [6.45, 7) is 1.04. The lowest BCUT2D eigenvalue weighted by Gasteiger charge is -2.22. The molecule has 1 aliphatic carbocycles. The molecule has 2 aliphatic rings. The molecular formula is C15H14F2N2O. The van der Waals surface area contributed by atoms with Crippen LogP contribution in [0.2, 0.25) is 0 Å². The summed E-state index contributed by atoms with van der Waals surface area (Å²) in [4.78, 5) is 4.43. The second-order valence-corrected chi connectivity index (χ2v) is 5.41. The van der Waals surface area contributed by atoms with Crippen LogP contribution in [-0.2, 0) is 17.8 Å². The first-order chi connectivity index (χ1) is 9.72. The number of ether oxygens (including phenoxy) is 1. The Kier molecular flexibility index (Phi) is 2.63. The number of hydrogen-bond acceptors (Lipinski definition) is 3. The van der Waals surface area contributed by atoms with Gasteiger partial charge < -0.3 is 10.1 Å². The van der Waals surface area contributed by atoms with E-state index in [2.05, 4.69) is 10.3 Å². The van der Waals surface area contributed by atoms with E-state index in [1.54, 1.807) is 0 Å². The van der Waals surface area contributed by atoms with Crippen molar-refractivity contribution in [2.75, 3.05) is 11.9 Å². The molecule has 3 nitrogen and oxygen atoms in total. The van der Waals surface area contributed by atoms with Gasteiger partial charge in [-0.05, 0) is 12.8 Å². The Labute approximate surface area is 115 Å². The van der Waals surface area contributed by atoms with Crippen LogP contribution >= 0.6 is 0 Å². The first-order valence-electron chi connectivity index (χ1n) is 6.87. The zero-order chi connectivity index (χ0) is 13.7. The summed E-state index contributed by atoms with van der Waals surface area (Å²) >= 11 is 0. The van der Waals surface area contributed by atoms with Crippen molar-refractivity contribution in [3.05, 3.63) is 35.0 Å². The van der Waals surface area contributed by atoms with Crippen LogP contribution in [0.4, 0.5) is 14.5 Å². The normalized spacial score (nSPS) is 18.1. The summed E-state index contributed by atoms with van der Waals surface area (Å²) < 4.78 is 33.1.